The number of hydroxylamine groups is 2. The number of carbonyl (C=O) groups is 2. The molecule has 0 aliphatic rings. The van der Waals surface area contributed by atoms with Gasteiger partial charge in [0.1, 0.15) is 0 Å². The van der Waals surface area contributed by atoms with Crippen molar-refractivity contribution in [3.63, 3.8) is 0 Å². The molecule has 90 valence electrons. The summed E-state index contributed by atoms with van der Waals surface area (Å²) in [7, 11) is 3.09. The van der Waals surface area contributed by atoms with Gasteiger partial charge in [-0.1, -0.05) is 13.8 Å². The zero-order chi connectivity index (χ0) is 12.3. The second kappa shape index (κ2) is 11.5. The molecule has 0 aromatic rings. The van der Waals surface area contributed by atoms with Crippen LogP contribution in [0.1, 0.15) is 39.5 Å². The number of halogens is 1. The van der Waals surface area contributed by atoms with Crippen LogP contribution >= 0.6 is 11.6 Å². The first kappa shape index (κ1) is 16.8. The standard InChI is InChI=1S/C6H13NO2.C4H7ClO/c1-4-5-6(8)7(2)9-3;1-2-3-4(5)6/h4-5H2,1-3H3;2-3H2,1H3. The third-order valence-corrected chi connectivity index (χ3v) is 1.72. The second-order valence-electron chi connectivity index (χ2n) is 2.93. The molecule has 4 nitrogen and oxygen atoms in total. The molecule has 0 atom stereocenters. The van der Waals surface area contributed by atoms with Crippen molar-refractivity contribution in [2.45, 2.75) is 39.5 Å². The van der Waals surface area contributed by atoms with Crippen LogP contribution in [0, 0.1) is 0 Å². The molecule has 0 saturated carbocycles. The minimum absolute atomic E-state index is 0.0278. The van der Waals surface area contributed by atoms with Gasteiger partial charge in [-0.2, -0.15) is 0 Å². The highest BCUT2D eigenvalue weighted by atomic mass is 35.5. The zero-order valence-electron chi connectivity index (χ0n) is 9.88. The predicted octanol–water partition coefficient (Wildman–Crippen LogP) is 2.36. The summed E-state index contributed by atoms with van der Waals surface area (Å²) in [5.74, 6) is 0.0278. The van der Waals surface area contributed by atoms with E-state index < -0.39 is 0 Å². The van der Waals surface area contributed by atoms with Crippen molar-refractivity contribution in [2.24, 2.45) is 0 Å². The molecule has 0 radical (unpaired) electrons. The third kappa shape index (κ3) is 13.4. The van der Waals surface area contributed by atoms with Crippen LogP contribution < -0.4 is 0 Å². The summed E-state index contributed by atoms with van der Waals surface area (Å²) in [5.41, 5.74) is 0. The minimum atomic E-state index is -0.238. The maximum atomic E-state index is 10.8. The Hall–Kier alpha value is -0.610. The molecule has 0 aromatic carbocycles. The molecule has 0 rings (SSSR count). The van der Waals surface area contributed by atoms with Gasteiger partial charge in [-0.15, -0.1) is 0 Å². The molecule has 15 heavy (non-hydrogen) atoms. The van der Waals surface area contributed by atoms with Crippen molar-refractivity contribution in [3.05, 3.63) is 0 Å². The van der Waals surface area contributed by atoms with E-state index in [9.17, 15) is 9.59 Å². The number of amides is 1. The first-order valence-corrected chi connectivity index (χ1v) is 5.36. The van der Waals surface area contributed by atoms with Crippen LogP contribution in [0.15, 0.2) is 0 Å². The van der Waals surface area contributed by atoms with E-state index in [4.69, 9.17) is 11.6 Å². The Bertz CT molecular complexity index is 186. The van der Waals surface area contributed by atoms with Crippen molar-refractivity contribution in [1.82, 2.24) is 5.06 Å². The van der Waals surface area contributed by atoms with E-state index in [1.807, 2.05) is 13.8 Å². The summed E-state index contributed by atoms with van der Waals surface area (Å²) in [5, 5.41) is 1.00. The maximum absolute atomic E-state index is 10.8. The second-order valence-corrected chi connectivity index (χ2v) is 3.35. The van der Waals surface area contributed by atoms with Crippen LogP contribution in [0.2, 0.25) is 0 Å². The van der Waals surface area contributed by atoms with E-state index in [0.29, 0.717) is 12.8 Å². The molecule has 0 aliphatic carbocycles. The predicted molar refractivity (Wildman–Crippen MR) is 60.5 cm³/mol. The quantitative estimate of drug-likeness (QED) is 0.545. The van der Waals surface area contributed by atoms with E-state index in [0.717, 1.165) is 12.8 Å². The van der Waals surface area contributed by atoms with Crippen LogP contribution in [0.25, 0.3) is 0 Å². The fourth-order valence-corrected chi connectivity index (χ4v) is 0.859. The van der Waals surface area contributed by atoms with Gasteiger partial charge in [-0.25, -0.2) is 5.06 Å². The van der Waals surface area contributed by atoms with Crippen LogP contribution in [-0.4, -0.2) is 30.4 Å². The van der Waals surface area contributed by atoms with Crippen LogP contribution in [-0.2, 0) is 14.4 Å². The van der Waals surface area contributed by atoms with Gasteiger partial charge in [0.2, 0.25) is 11.1 Å². The lowest BCUT2D eigenvalue weighted by Crippen LogP contribution is -2.24. The van der Waals surface area contributed by atoms with E-state index >= 15 is 0 Å². The lowest BCUT2D eigenvalue weighted by atomic mass is 10.3. The van der Waals surface area contributed by atoms with E-state index in [2.05, 4.69) is 4.84 Å². The number of hydrogen-bond donors (Lipinski definition) is 0. The van der Waals surface area contributed by atoms with Crippen molar-refractivity contribution in [3.8, 4) is 0 Å². The van der Waals surface area contributed by atoms with Crippen molar-refractivity contribution < 1.29 is 14.4 Å². The Morgan fingerprint density at radius 3 is 1.87 bits per heavy atom. The number of hydrogen-bond acceptors (Lipinski definition) is 3. The highest BCUT2D eigenvalue weighted by molar-refractivity contribution is 6.63. The first-order chi connectivity index (χ1) is 6.99. The fraction of sp³-hybridized carbons (Fsp3) is 0.800. The van der Waals surface area contributed by atoms with Gasteiger partial charge in [0.05, 0.1) is 7.11 Å². The molecule has 0 unspecified atom stereocenters. The highest BCUT2D eigenvalue weighted by Crippen LogP contribution is 1.93. The van der Waals surface area contributed by atoms with Crippen LogP contribution in [0.5, 0.6) is 0 Å². The Kier molecular flexibility index (Phi) is 12.8. The molecule has 0 spiro atoms. The van der Waals surface area contributed by atoms with Crippen molar-refractivity contribution in [2.75, 3.05) is 14.2 Å². The largest absolute Gasteiger partial charge is 0.281 e. The molecule has 5 heteroatoms. The molecule has 0 aliphatic heterocycles. The summed E-state index contributed by atoms with van der Waals surface area (Å²) in [6, 6.07) is 0. The summed E-state index contributed by atoms with van der Waals surface area (Å²) in [4.78, 5) is 25.2. The first-order valence-electron chi connectivity index (χ1n) is 4.98. The summed E-state index contributed by atoms with van der Waals surface area (Å²) in [6.45, 7) is 3.88. The molecule has 0 aromatic heterocycles. The monoisotopic (exact) mass is 237 g/mol. The van der Waals surface area contributed by atoms with E-state index in [-0.39, 0.29) is 11.1 Å². The molecule has 0 N–H and O–H groups in total. The van der Waals surface area contributed by atoms with Gasteiger partial charge in [0, 0.05) is 19.9 Å². The van der Waals surface area contributed by atoms with Gasteiger partial charge in [0.25, 0.3) is 0 Å². The van der Waals surface area contributed by atoms with Crippen LogP contribution in [0.4, 0.5) is 0 Å². The average molecular weight is 238 g/mol. The molecule has 0 fully saturated rings. The molecule has 0 saturated heterocycles. The topological polar surface area (TPSA) is 46.6 Å². The molecule has 1 amide bonds. The van der Waals surface area contributed by atoms with Gasteiger partial charge in [-0.05, 0) is 24.4 Å². The molecule has 0 bridgehead atoms. The SMILES string of the molecule is CCCC(=O)Cl.CCCC(=O)N(C)OC. The molecule has 0 heterocycles. The highest BCUT2D eigenvalue weighted by Gasteiger charge is 2.03. The fourth-order valence-electron chi connectivity index (χ4n) is 0.670. The number of carbonyl (C=O) groups excluding carboxylic acids is 2. The Morgan fingerprint density at radius 2 is 1.67 bits per heavy atom. The normalized spacial score (nSPS) is 8.87. The number of nitrogens with zero attached hydrogens (tertiary/aromatic N) is 1. The lowest BCUT2D eigenvalue weighted by Gasteiger charge is -2.11. The Morgan fingerprint density at radius 1 is 1.20 bits per heavy atom. The zero-order valence-corrected chi connectivity index (χ0v) is 10.6. The lowest BCUT2D eigenvalue weighted by molar-refractivity contribution is -0.168. The van der Waals surface area contributed by atoms with Crippen molar-refractivity contribution in [1.29, 1.82) is 0 Å². The summed E-state index contributed by atoms with van der Waals surface area (Å²) < 4.78 is 0. The summed E-state index contributed by atoms with van der Waals surface area (Å²) >= 11 is 4.94. The molecular weight excluding hydrogens is 218 g/mol. The van der Waals surface area contributed by atoms with Gasteiger partial charge < -0.3 is 0 Å². The average Bonchev–Trinajstić information content (AvgIpc) is 2.17. The summed E-state index contributed by atoms with van der Waals surface area (Å²) in [6.07, 6.45) is 2.78. The number of rotatable bonds is 5. The maximum Gasteiger partial charge on any atom is 0.245 e. The Labute approximate surface area is 96.5 Å². The smallest absolute Gasteiger partial charge is 0.245 e. The Balaban J connectivity index is 0. The molecular formula is C10H20ClNO3. The van der Waals surface area contributed by atoms with Crippen LogP contribution in [0.3, 0.4) is 0 Å². The van der Waals surface area contributed by atoms with Gasteiger partial charge >= 0.3 is 0 Å². The van der Waals surface area contributed by atoms with Crippen molar-refractivity contribution >= 4 is 22.8 Å². The van der Waals surface area contributed by atoms with Gasteiger partial charge in [0.15, 0.2) is 0 Å². The van der Waals surface area contributed by atoms with Gasteiger partial charge in [-0.3, -0.25) is 14.4 Å². The third-order valence-electron chi connectivity index (χ3n) is 1.54. The van der Waals surface area contributed by atoms with E-state index in [1.54, 1.807) is 7.05 Å². The van der Waals surface area contributed by atoms with E-state index in [1.165, 1.54) is 12.2 Å². The minimum Gasteiger partial charge on any atom is -0.281 e.